The van der Waals surface area contributed by atoms with Gasteiger partial charge >= 0.3 is 0 Å². The first-order chi connectivity index (χ1) is 15.1. The monoisotopic (exact) mass is 430 g/mol. The SMILES string of the molecule is CCc1ccc(-n2c(Cc3ccccc3)nnc2SCc2ccc([N+](=O)[O-])cc2)cc1. The standard InChI is InChI=1S/C24H22N4O2S/c1-2-18-8-12-21(13-9-18)27-23(16-19-6-4-3-5-7-19)25-26-24(27)31-17-20-10-14-22(15-11-20)28(29)30/h3-15H,2,16-17H2,1H3. The van der Waals surface area contributed by atoms with Crippen molar-refractivity contribution in [1.29, 1.82) is 0 Å². The normalized spacial score (nSPS) is 10.9. The van der Waals surface area contributed by atoms with Gasteiger partial charge in [-0.1, -0.05) is 73.3 Å². The number of aryl methyl sites for hydroxylation is 1. The van der Waals surface area contributed by atoms with Crippen molar-refractivity contribution in [1.82, 2.24) is 14.8 Å². The van der Waals surface area contributed by atoms with Gasteiger partial charge in [0.1, 0.15) is 5.82 Å². The Kier molecular flexibility index (Phi) is 6.43. The number of aromatic nitrogens is 3. The van der Waals surface area contributed by atoms with E-state index in [-0.39, 0.29) is 10.6 Å². The van der Waals surface area contributed by atoms with E-state index in [4.69, 9.17) is 0 Å². The predicted octanol–water partition coefficient (Wildman–Crippen LogP) is 5.62. The maximum atomic E-state index is 10.9. The van der Waals surface area contributed by atoms with Crippen molar-refractivity contribution in [3.63, 3.8) is 0 Å². The molecule has 1 heterocycles. The molecule has 0 bridgehead atoms. The van der Waals surface area contributed by atoms with Crippen molar-refractivity contribution in [2.75, 3.05) is 0 Å². The average Bonchev–Trinajstić information content (AvgIpc) is 3.21. The Balaban J connectivity index is 1.62. The van der Waals surface area contributed by atoms with Crippen LogP contribution in [0.25, 0.3) is 5.69 Å². The molecule has 3 aromatic carbocycles. The lowest BCUT2D eigenvalue weighted by molar-refractivity contribution is -0.384. The molecule has 0 aliphatic carbocycles. The van der Waals surface area contributed by atoms with E-state index in [1.54, 1.807) is 23.9 Å². The van der Waals surface area contributed by atoms with Crippen LogP contribution in [0.5, 0.6) is 0 Å². The van der Waals surface area contributed by atoms with Gasteiger partial charge in [-0.25, -0.2) is 0 Å². The van der Waals surface area contributed by atoms with Gasteiger partial charge in [-0.05, 0) is 35.2 Å². The number of nitrogens with zero attached hydrogens (tertiary/aromatic N) is 4. The van der Waals surface area contributed by atoms with Crippen molar-refractivity contribution < 1.29 is 4.92 Å². The maximum absolute atomic E-state index is 10.9. The van der Waals surface area contributed by atoms with Crippen LogP contribution in [0.1, 0.15) is 29.4 Å². The second-order valence-corrected chi connectivity index (χ2v) is 8.07. The molecule has 0 amide bonds. The molecule has 0 aliphatic rings. The van der Waals surface area contributed by atoms with Crippen LogP contribution in [0.15, 0.2) is 84.0 Å². The largest absolute Gasteiger partial charge is 0.274 e. The topological polar surface area (TPSA) is 73.8 Å². The molecular weight excluding hydrogens is 408 g/mol. The number of nitro benzene ring substituents is 1. The van der Waals surface area contributed by atoms with Crippen molar-refractivity contribution in [3.05, 3.63) is 111 Å². The number of nitro groups is 1. The van der Waals surface area contributed by atoms with Crippen LogP contribution in [0.3, 0.4) is 0 Å². The molecule has 4 rings (SSSR count). The van der Waals surface area contributed by atoms with Crippen molar-refractivity contribution in [3.8, 4) is 5.69 Å². The molecule has 0 saturated heterocycles. The summed E-state index contributed by atoms with van der Waals surface area (Å²) in [5.41, 5.74) is 4.57. The van der Waals surface area contributed by atoms with E-state index in [0.29, 0.717) is 12.2 Å². The third-order valence-electron chi connectivity index (χ3n) is 5.02. The minimum Gasteiger partial charge on any atom is -0.274 e. The molecule has 0 atom stereocenters. The second-order valence-electron chi connectivity index (χ2n) is 7.13. The van der Waals surface area contributed by atoms with Crippen LogP contribution in [0.2, 0.25) is 0 Å². The van der Waals surface area contributed by atoms with Gasteiger partial charge in [0.25, 0.3) is 5.69 Å². The van der Waals surface area contributed by atoms with E-state index in [2.05, 4.69) is 58.1 Å². The molecule has 0 radical (unpaired) electrons. The van der Waals surface area contributed by atoms with Crippen LogP contribution in [-0.4, -0.2) is 19.7 Å². The minimum atomic E-state index is -0.386. The summed E-state index contributed by atoms with van der Waals surface area (Å²) in [6, 6.07) is 25.3. The number of hydrogen-bond acceptors (Lipinski definition) is 5. The molecule has 0 spiro atoms. The average molecular weight is 431 g/mol. The molecule has 1 aromatic heterocycles. The van der Waals surface area contributed by atoms with Crippen molar-refractivity contribution in [2.24, 2.45) is 0 Å². The zero-order valence-electron chi connectivity index (χ0n) is 17.1. The summed E-state index contributed by atoms with van der Waals surface area (Å²) in [6.07, 6.45) is 1.67. The molecule has 0 unspecified atom stereocenters. The zero-order valence-corrected chi connectivity index (χ0v) is 18.0. The lowest BCUT2D eigenvalue weighted by Gasteiger charge is -2.11. The molecular formula is C24H22N4O2S. The van der Waals surface area contributed by atoms with Crippen molar-refractivity contribution in [2.45, 2.75) is 30.7 Å². The first kappa shape index (κ1) is 20.8. The van der Waals surface area contributed by atoms with Crippen LogP contribution in [0.4, 0.5) is 5.69 Å². The lowest BCUT2D eigenvalue weighted by Crippen LogP contribution is -2.04. The Morgan fingerprint density at radius 3 is 2.19 bits per heavy atom. The molecule has 156 valence electrons. The lowest BCUT2D eigenvalue weighted by atomic mass is 10.1. The Morgan fingerprint density at radius 2 is 1.55 bits per heavy atom. The smallest absolute Gasteiger partial charge is 0.269 e. The van der Waals surface area contributed by atoms with Crippen LogP contribution >= 0.6 is 11.8 Å². The van der Waals surface area contributed by atoms with E-state index in [1.165, 1.54) is 23.3 Å². The number of benzene rings is 3. The Bertz CT molecular complexity index is 1160. The third-order valence-corrected chi connectivity index (χ3v) is 6.02. The highest BCUT2D eigenvalue weighted by Gasteiger charge is 2.15. The molecule has 0 N–H and O–H groups in total. The molecule has 0 saturated carbocycles. The van der Waals surface area contributed by atoms with E-state index in [0.717, 1.165) is 28.7 Å². The molecule has 7 heteroatoms. The highest BCUT2D eigenvalue weighted by molar-refractivity contribution is 7.98. The van der Waals surface area contributed by atoms with Crippen LogP contribution < -0.4 is 0 Å². The van der Waals surface area contributed by atoms with Gasteiger partial charge < -0.3 is 0 Å². The summed E-state index contributed by atoms with van der Waals surface area (Å²) in [5.74, 6) is 1.52. The van der Waals surface area contributed by atoms with E-state index in [1.807, 2.05) is 18.2 Å². The van der Waals surface area contributed by atoms with Gasteiger partial charge in [0.15, 0.2) is 5.16 Å². The van der Waals surface area contributed by atoms with E-state index >= 15 is 0 Å². The summed E-state index contributed by atoms with van der Waals surface area (Å²) >= 11 is 1.57. The first-order valence-corrected chi connectivity index (χ1v) is 11.1. The Labute approximate surface area is 185 Å². The van der Waals surface area contributed by atoms with Crippen molar-refractivity contribution >= 4 is 17.4 Å². The van der Waals surface area contributed by atoms with Gasteiger partial charge in [-0.3, -0.25) is 14.7 Å². The fraction of sp³-hybridized carbons (Fsp3) is 0.167. The summed E-state index contributed by atoms with van der Waals surface area (Å²) in [6.45, 7) is 2.14. The van der Waals surface area contributed by atoms with Gasteiger partial charge in [-0.15, -0.1) is 10.2 Å². The summed E-state index contributed by atoms with van der Waals surface area (Å²) in [7, 11) is 0. The molecule has 31 heavy (non-hydrogen) atoms. The van der Waals surface area contributed by atoms with Gasteiger partial charge in [-0.2, -0.15) is 0 Å². The number of rotatable bonds is 8. The summed E-state index contributed by atoms with van der Waals surface area (Å²) < 4.78 is 2.10. The fourth-order valence-corrected chi connectivity index (χ4v) is 4.22. The molecule has 6 nitrogen and oxygen atoms in total. The van der Waals surface area contributed by atoms with Crippen LogP contribution in [0, 0.1) is 10.1 Å². The quantitative estimate of drug-likeness (QED) is 0.206. The molecule has 0 fully saturated rings. The van der Waals surface area contributed by atoms with Gasteiger partial charge in [0.05, 0.1) is 4.92 Å². The number of hydrogen-bond donors (Lipinski definition) is 0. The third kappa shape index (κ3) is 5.00. The zero-order chi connectivity index (χ0) is 21.6. The summed E-state index contributed by atoms with van der Waals surface area (Å²) in [5, 5.41) is 20.6. The van der Waals surface area contributed by atoms with Gasteiger partial charge in [0.2, 0.25) is 0 Å². The highest BCUT2D eigenvalue weighted by Crippen LogP contribution is 2.27. The van der Waals surface area contributed by atoms with Gasteiger partial charge in [0, 0.05) is 30.0 Å². The predicted molar refractivity (Wildman–Crippen MR) is 123 cm³/mol. The Hall–Kier alpha value is -3.45. The second kappa shape index (κ2) is 9.57. The number of thioether (sulfide) groups is 1. The highest BCUT2D eigenvalue weighted by atomic mass is 32.2. The molecule has 4 aromatic rings. The van der Waals surface area contributed by atoms with E-state index < -0.39 is 0 Å². The minimum absolute atomic E-state index is 0.0954. The number of non-ortho nitro benzene ring substituents is 1. The maximum Gasteiger partial charge on any atom is 0.269 e. The van der Waals surface area contributed by atoms with Crippen LogP contribution in [-0.2, 0) is 18.6 Å². The summed E-state index contributed by atoms with van der Waals surface area (Å²) in [4.78, 5) is 10.5. The molecule has 0 aliphatic heterocycles. The van der Waals surface area contributed by atoms with E-state index in [9.17, 15) is 10.1 Å². The Morgan fingerprint density at radius 1 is 0.871 bits per heavy atom. The first-order valence-electron chi connectivity index (χ1n) is 10.1. The fourth-order valence-electron chi connectivity index (χ4n) is 3.29.